The van der Waals surface area contributed by atoms with E-state index < -0.39 is 0 Å². The monoisotopic (exact) mass is 287 g/mol. The second-order valence-electron chi connectivity index (χ2n) is 5.23. The zero-order chi connectivity index (χ0) is 14.5. The van der Waals surface area contributed by atoms with Crippen molar-refractivity contribution in [3.63, 3.8) is 0 Å². The van der Waals surface area contributed by atoms with E-state index in [0.29, 0.717) is 30.2 Å². The Morgan fingerprint density at radius 1 is 1.50 bits per heavy atom. The van der Waals surface area contributed by atoms with E-state index in [4.69, 9.17) is 16.9 Å². The van der Waals surface area contributed by atoms with Crippen LogP contribution in [0.4, 0.5) is 0 Å². The number of hydrogen-bond acceptors (Lipinski definition) is 2. The average Bonchev–Trinajstić information content (AvgIpc) is 2.63. The molecular formula is C17H18ClNO. The van der Waals surface area contributed by atoms with Crippen molar-refractivity contribution in [2.45, 2.75) is 38.5 Å². The zero-order valence-electron chi connectivity index (χ0n) is 11.7. The Hall–Kier alpha value is -1.59. The van der Waals surface area contributed by atoms with Gasteiger partial charge in [-0.2, -0.15) is 5.26 Å². The maximum atomic E-state index is 12.4. The van der Waals surface area contributed by atoms with Crippen molar-refractivity contribution in [2.75, 3.05) is 5.88 Å². The van der Waals surface area contributed by atoms with Crippen molar-refractivity contribution in [3.05, 3.63) is 41.0 Å². The second-order valence-corrected chi connectivity index (χ2v) is 5.60. The molecule has 20 heavy (non-hydrogen) atoms. The molecule has 2 nitrogen and oxygen atoms in total. The van der Waals surface area contributed by atoms with E-state index in [0.717, 1.165) is 24.0 Å². The minimum atomic E-state index is 0.135. The molecule has 0 aromatic heterocycles. The highest BCUT2D eigenvalue weighted by Gasteiger charge is 2.21. The zero-order valence-corrected chi connectivity index (χ0v) is 12.4. The van der Waals surface area contributed by atoms with Gasteiger partial charge in [0.05, 0.1) is 11.6 Å². The molecule has 0 bridgehead atoms. The number of rotatable bonds is 4. The largest absolute Gasteiger partial charge is 0.294 e. The van der Waals surface area contributed by atoms with Crippen molar-refractivity contribution in [3.8, 4) is 6.07 Å². The van der Waals surface area contributed by atoms with Gasteiger partial charge in [-0.05, 0) is 48.4 Å². The van der Waals surface area contributed by atoms with Gasteiger partial charge in [0.25, 0.3) is 0 Å². The third kappa shape index (κ3) is 3.11. The molecule has 0 spiro atoms. The van der Waals surface area contributed by atoms with E-state index in [2.05, 4.69) is 13.0 Å². The van der Waals surface area contributed by atoms with Crippen LogP contribution >= 0.6 is 11.6 Å². The fraction of sp³-hybridized carbons (Fsp3) is 0.412. The molecule has 0 heterocycles. The first-order valence-electron chi connectivity index (χ1n) is 7.01. The number of nitrogens with zero attached hydrogens (tertiary/aromatic N) is 1. The van der Waals surface area contributed by atoms with Gasteiger partial charge < -0.3 is 0 Å². The number of carbonyl (C=O) groups excluding carboxylic acids is 1. The van der Waals surface area contributed by atoms with Crippen LogP contribution in [0.25, 0.3) is 5.57 Å². The molecule has 1 aromatic rings. The first-order chi connectivity index (χ1) is 9.67. The minimum Gasteiger partial charge on any atom is -0.294 e. The summed E-state index contributed by atoms with van der Waals surface area (Å²) in [7, 11) is 0. The van der Waals surface area contributed by atoms with Gasteiger partial charge in [0.2, 0.25) is 0 Å². The number of halogens is 1. The summed E-state index contributed by atoms with van der Waals surface area (Å²) in [5.74, 6) is 1.05. The van der Waals surface area contributed by atoms with E-state index >= 15 is 0 Å². The Bertz CT molecular complexity index is 583. The molecule has 0 fully saturated rings. The summed E-state index contributed by atoms with van der Waals surface area (Å²) in [6.45, 7) is 2.17. The number of nitriles is 1. The van der Waals surface area contributed by atoms with Crippen LogP contribution in [-0.4, -0.2) is 11.7 Å². The number of hydrogen-bond donors (Lipinski definition) is 0. The molecular weight excluding hydrogens is 270 g/mol. The molecule has 1 atom stereocenters. The molecule has 1 aromatic carbocycles. The van der Waals surface area contributed by atoms with Gasteiger partial charge in [-0.25, -0.2) is 0 Å². The van der Waals surface area contributed by atoms with Crippen molar-refractivity contribution in [2.24, 2.45) is 0 Å². The fourth-order valence-electron chi connectivity index (χ4n) is 2.66. The third-order valence-electron chi connectivity index (χ3n) is 3.79. The lowest BCUT2D eigenvalue weighted by Crippen LogP contribution is -2.05. The van der Waals surface area contributed by atoms with Gasteiger partial charge in [0, 0.05) is 17.9 Å². The normalized spacial score (nSPS) is 17.6. The number of carbonyl (C=O) groups is 1. The number of benzene rings is 1. The molecule has 104 valence electrons. The van der Waals surface area contributed by atoms with E-state index in [1.807, 2.05) is 24.3 Å². The summed E-state index contributed by atoms with van der Waals surface area (Å²) in [4.78, 5) is 12.4. The van der Waals surface area contributed by atoms with E-state index in [1.54, 1.807) is 0 Å². The maximum absolute atomic E-state index is 12.4. The predicted molar refractivity (Wildman–Crippen MR) is 81.7 cm³/mol. The smallest absolute Gasteiger partial charge is 0.163 e. The van der Waals surface area contributed by atoms with Crippen molar-refractivity contribution in [1.82, 2.24) is 0 Å². The minimum absolute atomic E-state index is 0.135. The van der Waals surface area contributed by atoms with Gasteiger partial charge in [-0.15, -0.1) is 11.6 Å². The van der Waals surface area contributed by atoms with Crippen LogP contribution in [0, 0.1) is 11.3 Å². The topological polar surface area (TPSA) is 40.9 Å². The molecule has 0 radical (unpaired) electrons. The molecule has 0 N–H and O–H groups in total. The highest BCUT2D eigenvalue weighted by atomic mass is 35.5. The van der Waals surface area contributed by atoms with Gasteiger partial charge in [-0.3, -0.25) is 4.79 Å². The molecule has 2 rings (SSSR count). The molecule has 3 heteroatoms. The summed E-state index contributed by atoms with van der Waals surface area (Å²) < 4.78 is 0. The van der Waals surface area contributed by atoms with Crippen LogP contribution in [0.2, 0.25) is 0 Å². The summed E-state index contributed by atoms with van der Waals surface area (Å²) in [5.41, 5.74) is 3.49. The standard InChI is InChI=1S/C17H18ClNO/c1-12-4-2-5-15(17(20)6-3-9-18)16-10-13(11-19)7-8-14(12)16/h5,7-8,10,12H,2-4,6,9H2,1H3. The molecule has 0 saturated heterocycles. The van der Waals surface area contributed by atoms with E-state index in [-0.39, 0.29) is 5.78 Å². The number of allylic oxidation sites excluding steroid dienone is 2. The lowest BCUT2D eigenvalue weighted by Gasteiger charge is -2.14. The van der Waals surface area contributed by atoms with Crippen LogP contribution in [0.3, 0.4) is 0 Å². The lowest BCUT2D eigenvalue weighted by molar-refractivity contribution is -0.113. The van der Waals surface area contributed by atoms with Gasteiger partial charge >= 0.3 is 0 Å². The van der Waals surface area contributed by atoms with E-state index in [1.165, 1.54) is 5.56 Å². The highest BCUT2D eigenvalue weighted by Crippen LogP contribution is 2.34. The van der Waals surface area contributed by atoms with Crippen LogP contribution < -0.4 is 0 Å². The molecule has 1 aliphatic carbocycles. The number of fused-ring (bicyclic) bond motifs is 1. The van der Waals surface area contributed by atoms with Crippen molar-refractivity contribution < 1.29 is 4.79 Å². The Morgan fingerprint density at radius 3 is 3.00 bits per heavy atom. The Labute approximate surface area is 125 Å². The average molecular weight is 288 g/mol. The lowest BCUT2D eigenvalue weighted by atomic mass is 9.89. The fourth-order valence-corrected chi connectivity index (χ4v) is 2.79. The van der Waals surface area contributed by atoms with Crippen LogP contribution in [0.5, 0.6) is 0 Å². The Kier molecular flexibility index (Phi) is 4.98. The van der Waals surface area contributed by atoms with E-state index in [9.17, 15) is 4.79 Å². The van der Waals surface area contributed by atoms with Crippen LogP contribution in [0.15, 0.2) is 24.3 Å². The summed E-state index contributed by atoms with van der Waals surface area (Å²) >= 11 is 5.67. The maximum Gasteiger partial charge on any atom is 0.163 e. The van der Waals surface area contributed by atoms with Crippen molar-refractivity contribution in [1.29, 1.82) is 5.26 Å². The first-order valence-corrected chi connectivity index (χ1v) is 7.54. The van der Waals surface area contributed by atoms with Crippen molar-refractivity contribution >= 4 is 23.0 Å². The van der Waals surface area contributed by atoms with Gasteiger partial charge in [0.15, 0.2) is 5.78 Å². The Balaban J connectivity index is 2.44. The molecule has 1 unspecified atom stereocenters. The number of ketones is 1. The quantitative estimate of drug-likeness (QED) is 0.769. The molecule has 0 aliphatic heterocycles. The number of alkyl halides is 1. The van der Waals surface area contributed by atoms with Crippen LogP contribution in [-0.2, 0) is 4.79 Å². The summed E-state index contributed by atoms with van der Waals surface area (Å²) in [6.07, 6.45) is 5.13. The molecule has 1 aliphatic rings. The third-order valence-corrected chi connectivity index (χ3v) is 4.06. The van der Waals surface area contributed by atoms with Gasteiger partial charge in [-0.1, -0.05) is 19.1 Å². The Morgan fingerprint density at radius 2 is 2.30 bits per heavy atom. The summed E-state index contributed by atoms with van der Waals surface area (Å²) in [5, 5.41) is 9.07. The predicted octanol–water partition coefficient (Wildman–Crippen LogP) is 4.43. The number of Topliss-reactive ketones (excluding diaryl/α,β-unsaturated/α-hetero) is 1. The SMILES string of the molecule is CC1CCC=C(C(=O)CCCCl)c2cc(C#N)ccc21. The molecule has 0 saturated carbocycles. The first kappa shape index (κ1) is 14.8. The second kappa shape index (κ2) is 6.72. The highest BCUT2D eigenvalue weighted by molar-refractivity contribution is 6.22. The van der Waals surface area contributed by atoms with Crippen LogP contribution in [0.1, 0.15) is 55.2 Å². The molecule has 0 amide bonds. The summed E-state index contributed by atoms with van der Waals surface area (Å²) in [6, 6.07) is 7.83. The van der Waals surface area contributed by atoms with Gasteiger partial charge in [0.1, 0.15) is 0 Å².